The fraction of sp³-hybridized carbons (Fsp3) is 0.412. The fourth-order valence-electron chi connectivity index (χ4n) is 2.94. The number of nitrogens with zero attached hydrogens (tertiary/aromatic N) is 4. The molecule has 2 N–H and O–H groups in total. The summed E-state index contributed by atoms with van der Waals surface area (Å²) in [7, 11) is 1.60. The number of urea groups is 1. The SMILES string of the molecule is COCCn1cnnc1CNC(=O)N1CCNC(=O)[C@@H]1c1cccc(F)c1. The minimum atomic E-state index is -0.888. The van der Waals surface area contributed by atoms with Gasteiger partial charge in [-0.25, -0.2) is 9.18 Å². The third-order valence-corrected chi connectivity index (χ3v) is 4.27. The summed E-state index contributed by atoms with van der Waals surface area (Å²) in [5.74, 6) is -0.230. The first kappa shape index (κ1) is 18.8. The number of benzene rings is 1. The zero-order chi connectivity index (χ0) is 19.2. The van der Waals surface area contributed by atoms with Crippen molar-refractivity contribution < 1.29 is 18.7 Å². The van der Waals surface area contributed by atoms with E-state index >= 15 is 0 Å². The normalized spacial score (nSPS) is 16.9. The van der Waals surface area contributed by atoms with E-state index in [1.54, 1.807) is 24.1 Å². The Morgan fingerprint density at radius 3 is 3.11 bits per heavy atom. The van der Waals surface area contributed by atoms with Crippen molar-refractivity contribution >= 4 is 11.9 Å². The van der Waals surface area contributed by atoms with Crippen molar-refractivity contribution in [3.63, 3.8) is 0 Å². The maximum Gasteiger partial charge on any atom is 0.318 e. The molecule has 0 radical (unpaired) electrons. The van der Waals surface area contributed by atoms with Crippen molar-refractivity contribution in [2.75, 3.05) is 26.8 Å². The van der Waals surface area contributed by atoms with E-state index in [1.165, 1.54) is 23.1 Å². The predicted molar refractivity (Wildman–Crippen MR) is 93.0 cm³/mol. The molecule has 0 bridgehead atoms. The predicted octanol–water partition coefficient (Wildman–Crippen LogP) is 0.446. The molecule has 1 aromatic carbocycles. The van der Waals surface area contributed by atoms with Crippen molar-refractivity contribution in [1.82, 2.24) is 30.3 Å². The average molecular weight is 376 g/mol. The molecule has 144 valence electrons. The molecule has 0 saturated carbocycles. The van der Waals surface area contributed by atoms with Gasteiger partial charge in [0.1, 0.15) is 18.2 Å². The number of methoxy groups -OCH3 is 1. The Morgan fingerprint density at radius 2 is 2.33 bits per heavy atom. The van der Waals surface area contributed by atoms with Crippen LogP contribution in [0, 0.1) is 5.82 Å². The topological polar surface area (TPSA) is 101 Å². The summed E-state index contributed by atoms with van der Waals surface area (Å²) in [4.78, 5) is 26.4. The molecule has 0 spiro atoms. The molecule has 0 aliphatic carbocycles. The number of halogens is 1. The van der Waals surface area contributed by atoms with Crippen LogP contribution in [0.4, 0.5) is 9.18 Å². The summed E-state index contributed by atoms with van der Waals surface area (Å²) >= 11 is 0. The minimum absolute atomic E-state index is 0.149. The smallest absolute Gasteiger partial charge is 0.318 e. The molecule has 9 nitrogen and oxygen atoms in total. The second kappa shape index (κ2) is 8.58. The van der Waals surface area contributed by atoms with Crippen LogP contribution in [0.5, 0.6) is 0 Å². The average Bonchev–Trinajstić information content (AvgIpc) is 3.11. The molecule has 1 atom stereocenters. The van der Waals surface area contributed by atoms with Crippen molar-refractivity contribution in [1.29, 1.82) is 0 Å². The van der Waals surface area contributed by atoms with Gasteiger partial charge < -0.3 is 24.8 Å². The number of carbonyl (C=O) groups excluding carboxylic acids is 2. The second-order valence-electron chi connectivity index (χ2n) is 6.03. The van der Waals surface area contributed by atoms with E-state index in [4.69, 9.17) is 4.74 Å². The van der Waals surface area contributed by atoms with Crippen molar-refractivity contribution in [3.05, 3.63) is 47.8 Å². The van der Waals surface area contributed by atoms with Gasteiger partial charge in [0.05, 0.1) is 13.2 Å². The highest BCUT2D eigenvalue weighted by Gasteiger charge is 2.34. The second-order valence-corrected chi connectivity index (χ2v) is 6.03. The molecule has 10 heteroatoms. The summed E-state index contributed by atoms with van der Waals surface area (Å²) in [6.07, 6.45) is 1.56. The van der Waals surface area contributed by atoms with Gasteiger partial charge in [-0.05, 0) is 17.7 Å². The Kier molecular flexibility index (Phi) is 5.97. The van der Waals surface area contributed by atoms with Gasteiger partial charge in [0.15, 0.2) is 5.82 Å². The first-order valence-corrected chi connectivity index (χ1v) is 8.53. The van der Waals surface area contributed by atoms with Crippen LogP contribution < -0.4 is 10.6 Å². The zero-order valence-corrected chi connectivity index (χ0v) is 14.9. The lowest BCUT2D eigenvalue weighted by Crippen LogP contribution is -2.54. The van der Waals surface area contributed by atoms with Gasteiger partial charge in [0.25, 0.3) is 0 Å². The van der Waals surface area contributed by atoms with Gasteiger partial charge in [-0.3, -0.25) is 4.79 Å². The van der Waals surface area contributed by atoms with E-state index in [9.17, 15) is 14.0 Å². The van der Waals surface area contributed by atoms with Crippen LogP contribution in [0.25, 0.3) is 0 Å². The van der Waals surface area contributed by atoms with E-state index in [2.05, 4.69) is 20.8 Å². The number of hydrogen-bond donors (Lipinski definition) is 2. The third kappa shape index (κ3) is 4.40. The van der Waals surface area contributed by atoms with E-state index in [-0.39, 0.29) is 12.5 Å². The number of ether oxygens (including phenoxy) is 1. The molecule has 0 unspecified atom stereocenters. The van der Waals surface area contributed by atoms with Gasteiger partial charge in [-0.2, -0.15) is 0 Å². The number of nitrogens with one attached hydrogen (secondary N) is 2. The molecule has 1 aliphatic heterocycles. The molecular formula is C17H21FN6O3. The van der Waals surface area contributed by atoms with Gasteiger partial charge in [0, 0.05) is 26.7 Å². The summed E-state index contributed by atoms with van der Waals surface area (Å²) in [6.45, 7) is 1.85. The molecule has 3 rings (SSSR count). The Morgan fingerprint density at radius 1 is 1.48 bits per heavy atom. The van der Waals surface area contributed by atoms with E-state index in [1.807, 2.05) is 0 Å². The Bertz CT molecular complexity index is 811. The third-order valence-electron chi connectivity index (χ3n) is 4.27. The number of carbonyl (C=O) groups is 2. The summed E-state index contributed by atoms with van der Waals surface area (Å²) < 4.78 is 20.4. The lowest BCUT2D eigenvalue weighted by Gasteiger charge is -2.35. The van der Waals surface area contributed by atoms with Gasteiger partial charge >= 0.3 is 6.03 Å². The Balaban J connectivity index is 1.70. The summed E-state index contributed by atoms with van der Waals surface area (Å²) in [5, 5.41) is 13.3. The number of rotatable bonds is 6. The molecule has 3 amide bonds. The van der Waals surface area contributed by atoms with Crippen LogP contribution in [0.3, 0.4) is 0 Å². The highest BCUT2D eigenvalue weighted by atomic mass is 19.1. The van der Waals surface area contributed by atoms with Gasteiger partial charge in [0.2, 0.25) is 5.91 Å². The van der Waals surface area contributed by atoms with Crippen LogP contribution in [-0.4, -0.2) is 58.4 Å². The van der Waals surface area contributed by atoms with Crippen molar-refractivity contribution in [3.8, 4) is 0 Å². The van der Waals surface area contributed by atoms with Gasteiger partial charge in [-0.15, -0.1) is 10.2 Å². The Hall–Kier alpha value is -3.01. The van der Waals surface area contributed by atoms with Crippen molar-refractivity contribution in [2.24, 2.45) is 0 Å². The van der Waals surface area contributed by atoms with E-state index in [0.29, 0.717) is 37.6 Å². The molecule has 1 aromatic heterocycles. The van der Waals surface area contributed by atoms with E-state index in [0.717, 1.165) is 0 Å². The van der Waals surface area contributed by atoms with Crippen LogP contribution in [0.15, 0.2) is 30.6 Å². The highest BCUT2D eigenvalue weighted by Crippen LogP contribution is 2.24. The molecule has 2 heterocycles. The number of aromatic nitrogens is 3. The first-order valence-electron chi connectivity index (χ1n) is 8.53. The monoisotopic (exact) mass is 376 g/mol. The lowest BCUT2D eigenvalue weighted by atomic mass is 10.0. The standard InChI is InChI=1S/C17H21FN6O3/c1-27-8-7-23-11-21-22-14(23)10-20-17(26)24-6-5-19-16(25)15(24)12-3-2-4-13(18)9-12/h2-4,9,11,15H,5-8,10H2,1H3,(H,19,25)(H,20,26)/t15-/m0/s1. The maximum absolute atomic E-state index is 13.6. The largest absolute Gasteiger partial charge is 0.383 e. The quantitative estimate of drug-likeness (QED) is 0.762. The molecule has 2 aromatic rings. The van der Waals surface area contributed by atoms with Crippen LogP contribution >= 0.6 is 0 Å². The highest BCUT2D eigenvalue weighted by molar-refractivity contribution is 5.89. The minimum Gasteiger partial charge on any atom is -0.383 e. The van der Waals surface area contributed by atoms with Gasteiger partial charge in [-0.1, -0.05) is 12.1 Å². The molecule has 1 fully saturated rings. The molecule has 27 heavy (non-hydrogen) atoms. The van der Waals surface area contributed by atoms with Crippen LogP contribution in [0.1, 0.15) is 17.4 Å². The number of piperazine rings is 1. The maximum atomic E-state index is 13.6. The fourth-order valence-corrected chi connectivity index (χ4v) is 2.94. The first-order chi connectivity index (χ1) is 13.1. The van der Waals surface area contributed by atoms with Crippen LogP contribution in [-0.2, 0) is 22.6 Å². The van der Waals surface area contributed by atoms with E-state index < -0.39 is 17.9 Å². The zero-order valence-electron chi connectivity index (χ0n) is 14.9. The summed E-state index contributed by atoms with van der Waals surface area (Å²) in [5.41, 5.74) is 0.422. The van der Waals surface area contributed by atoms with Crippen molar-refractivity contribution in [2.45, 2.75) is 19.1 Å². The molecule has 1 saturated heterocycles. The number of amides is 3. The number of hydrogen-bond acceptors (Lipinski definition) is 5. The lowest BCUT2D eigenvalue weighted by molar-refractivity contribution is -0.127. The molecular weight excluding hydrogens is 355 g/mol. The van der Waals surface area contributed by atoms with Crippen LogP contribution in [0.2, 0.25) is 0 Å². The summed E-state index contributed by atoms with van der Waals surface area (Å²) in [6, 6.07) is 4.38. The Labute approximate surface area is 155 Å². The molecule has 1 aliphatic rings.